The van der Waals surface area contributed by atoms with Crippen LogP contribution in [0, 0.1) is 13.8 Å². The third-order valence-electron chi connectivity index (χ3n) is 5.85. The van der Waals surface area contributed by atoms with E-state index in [-0.39, 0.29) is 24.7 Å². The molecule has 2 N–H and O–H groups in total. The molecule has 0 spiro atoms. The van der Waals surface area contributed by atoms with E-state index in [2.05, 4.69) is 27.9 Å². The third-order valence-corrected chi connectivity index (χ3v) is 6.21. The number of ether oxygens (including phenoxy) is 1. The summed E-state index contributed by atoms with van der Waals surface area (Å²) in [6.45, 7) is 4.50. The molecule has 0 radical (unpaired) electrons. The van der Waals surface area contributed by atoms with Gasteiger partial charge in [0.25, 0.3) is 0 Å². The van der Waals surface area contributed by atoms with Gasteiger partial charge in [0.05, 0.1) is 37.1 Å². The molecule has 7 nitrogen and oxygen atoms in total. The molecule has 1 aliphatic rings. The number of β-amino-alcohol motifs (C(OH)–C–C–N with tert-alkyl or cyclic N) is 1. The quantitative estimate of drug-likeness (QED) is 0.441. The Morgan fingerprint density at radius 2 is 2.03 bits per heavy atom. The number of aryl methyl sites for hydroxylation is 1. The van der Waals surface area contributed by atoms with Crippen LogP contribution in [0.4, 0.5) is 0 Å². The minimum absolute atomic E-state index is 0.00677. The van der Waals surface area contributed by atoms with Crippen molar-refractivity contribution < 1.29 is 14.6 Å². The van der Waals surface area contributed by atoms with E-state index in [0.29, 0.717) is 17.2 Å². The second-order valence-corrected chi connectivity index (χ2v) is 8.13. The number of nitrogens with one attached hydrogen (secondary N) is 1. The van der Waals surface area contributed by atoms with Crippen molar-refractivity contribution in [3.05, 3.63) is 82.9 Å². The Bertz CT molecular complexity index is 1150. The monoisotopic (exact) mass is 450 g/mol. The van der Waals surface area contributed by atoms with Crippen molar-refractivity contribution in [3.8, 4) is 5.69 Å². The predicted octanol–water partition coefficient (Wildman–Crippen LogP) is 3.24. The van der Waals surface area contributed by atoms with Gasteiger partial charge in [0, 0.05) is 29.8 Å². The Morgan fingerprint density at radius 1 is 1.22 bits per heavy atom. The molecule has 1 fully saturated rings. The van der Waals surface area contributed by atoms with Gasteiger partial charge in [0.2, 0.25) is 0 Å². The van der Waals surface area contributed by atoms with Gasteiger partial charge in [-0.1, -0.05) is 12.1 Å². The van der Waals surface area contributed by atoms with E-state index >= 15 is 0 Å². The van der Waals surface area contributed by atoms with Crippen LogP contribution in [0.3, 0.4) is 0 Å². The van der Waals surface area contributed by atoms with E-state index in [0.717, 1.165) is 28.3 Å². The highest BCUT2D eigenvalue weighted by molar-refractivity contribution is 7.80. The molecule has 0 amide bonds. The van der Waals surface area contributed by atoms with E-state index < -0.39 is 0 Å². The predicted molar refractivity (Wildman–Crippen MR) is 126 cm³/mol. The van der Waals surface area contributed by atoms with E-state index in [1.807, 2.05) is 48.2 Å². The molecule has 0 bridgehead atoms. The normalized spacial score (nSPS) is 18.0. The van der Waals surface area contributed by atoms with Crippen molar-refractivity contribution in [2.45, 2.75) is 25.9 Å². The average molecular weight is 451 g/mol. The molecular formula is C24H26N4O3S. The summed E-state index contributed by atoms with van der Waals surface area (Å²) in [5.74, 6) is -0.371. The Labute approximate surface area is 192 Å². The first-order valence-electron chi connectivity index (χ1n) is 10.4. The number of carbonyl (C=O) groups is 1. The molecule has 0 aliphatic carbocycles. The molecule has 166 valence electrons. The summed E-state index contributed by atoms with van der Waals surface area (Å²) in [6, 6.07) is 15.1. The summed E-state index contributed by atoms with van der Waals surface area (Å²) < 4.78 is 7.00. The molecule has 2 atom stereocenters. The van der Waals surface area contributed by atoms with Gasteiger partial charge in [-0.2, -0.15) is 0 Å². The van der Waals surface area contributed by atoms with Crippen molar-refractivity contribution in [1.29, 1.82) is 0 Å². The van der Waals surface area contributed by atoms with Crippen LogP contribution in [-0.2, 0) is 4.74 Å². The fourth-order valence-electron chi connectivity index (χ4n) is 4.47. The number of aliphatic hydroxyl groups excluding tert-OH is 1. The number of pyridine rings is 1. The molecule has 3 heterocycles. The number of rotatable bonds is 6. The lowest BCUT2D eigenvalue weighted by atomic mass is 9.97. The van der Waals surface area contributed by atoms with Crippen LogP contribution in [0.1, 0.15) is 45.1 Å². The van der Waals surface area contributed by atoms with Crippen molar-refractivity contribution in [3.63, 3.8) is 0 Å². The van der Waals surface area contributed by atoms with Crippen molar-refractivity contribution in [2.24, 2.45) is 0 Å². The lowest BCUT2D eigenvalue weighted by Crippen LogP contribution is -2.32. The lowest BCUT2D eigenvalue weighted by molar-refractivity contribution is 0.0600. The van der Waals surface area contributed by atoms with Crippen LogP contribution in [0.15, 0.2) is 54.7 Å². The minimum Gasteiger partial charge on any atom is -0.465 e. The summed E-state index contributed by atoms with van der Waals surface area (Å²) in [4.78, 5) is 18.6. The molecule has 4 rings (SSSR count). The first-order chi connectivity index (χ1) is 15.5. The SMILES string of the molecule is COC(=O)c1cccc(-n2c(C)cc([C@@H]3[C@@H](c4ccccn4)NC(=S)N3CCO)c2C)c1. The van der Waals surface area contributed by atoms with Crippen LogP contribution in [-0.4, -0.2) is 50.9 Å². The largest absolute Gasteiger partial charge is 0.465 e. The van der Waals surface area contributed by atoms with Crippen LogP contribution in [0.2, 0.25) is 0 Å². The second-order valence-electron chi connectivity index (χ2n) is 7.75. The second kappa shape index (κ2) is 9.10. The number of hydrogen-bond donors (Lipinski definition) is 2. The molecule has 3 aromatic rings. The van der Waals surface area contributed by atoms with Gasteiger partial charge in [0.1, 0.15) is 0 Å². The molecule has 32 heavy (non-hydrogen) atoms. The standard InChI is InChI=1S/C24H26N4O3S/c1-15-13-19(16(2)28(15)18-8-6-7-17(14-18)23(30)31-3)22-21(20-9-4-5-10-25-20)26-24(32)27(22)11-12-29/h4-10,13-14,21-22,29H,11-12H2,1-3H3,(H,26,32)/t21-,22-/m1/s1. The highest BCUT2D eigenvalue weighted by Crippen LogP contribution is 2.41. The first-order valence-corrected chi connectivity index (χ1v) is 10.8. The summed E-state index contributed by atoms with van der Waals surface area (Å²) in [5.41, 5.74) is 5.41. The van der Waals surface area contributed by atoms with Gasteiger partial charge < -0.3 is 24.6 Å². The van der Waals surface area contributed by atoms with Crippen molar-refractivity contribution in [1.82, 2.24) is 19.8 Å². The zero-order valence-electron chi connectivity index (χ0n) is 18.3. The third kappa shape index (κ3) is 3.87. The van der Waals surface area contributed by atoms with Crippen molar-refractivity contribution >= 4 is 23.3 Å². The van der Waals surface area contributed by atoms with E-state index in [1.54, 1.807) is 12.3 Å². The highest BCUT2D eigenvalue weighted by Gasteiger charge is 2.41. The zero-order valence-corrected chi connectivity index (χ0v) is 19.1. The van der Waals surface area contributed by atoms with E-state index in [4.69, 9.17) is 17.0 Å². The first kappa shape index (κ1) is 22.0. The fourth-order valence-corrected chi connectivity index (χ4v) is 4.80. The number of aromatic nitrogens is 2. The van der Waals surface area contributed by atoms with Gasteiger partial charge in [-0.25, -0.2) is 4.79 Å². The average Bonchev–Trinajstić information content (AvgIpc) is 3.29. The van der Waals surface area contributed by atoms with Gasteiger partial charge in [-0.15, -0.1) is 0 Å². The van der Waals surface area contributed by atoms with Gasteiger partial charge in [-0.05, 0) is 68.0 Å². The number of hydrogen-bond acceptors (Lipinski definition) is 5. The van der Waals surface area contributed by atoms with E-state index in [1.165, 1.54) is 7.11 Å². The van der Waals surface area contributed by atoms with Crippen LogP contribution in [0.5, 0.6) is 0 Å². The Hall–Kier alpha value is -3.23. The van der Waals surface area contributed by atoms with Crippen molar-refractivity contribution in [2.75, 3.05) is 20.3 Å². The number of esters is 1. The number of benzene rings is 1. The maximum atomic E-state index is 12.0. The molecule has 0 saturated carbocycles. The molecule has 0 unspecified atom stereocenters. The highest BCUT2D eigenvalue weighted by atomic mass is 32.1. The Balaban J connectivity index is 1.82. The summed E-state index contributed by atoms with van der Waals surface area (Å²) in [6.07, 6.45) is 1.77. The number of carbonyl (C=O) groups excluding carboxylic acids is 1. The maximum Gasteiger partial charge on any atom is 0.337 e. The lowest BCUT2D eigenvalue weighted by Gasteiger charge is -2.27. The van der Waals surface area contributed by atoms with Crippen LogP contribution < -0.4 is 5.32 Å². The molecule has 8 heteroatoms. The molecule has 1 aliphatic heterocycles. The van der Waals surface area contributed by atoms with E-state index in [9.17, 15) is 9.90 Å². The zero-order chi connectivity index (χ0) is 22.8. The van der Waals surface area contributed by atoms with Gasteiger partial charge in [-0.3, -0.25) is 4.98 Å². The number of nitrogens with zero attached hydrogens (tertiary/aromatic N) is 3. The molecule has 2 aromatic heterocycles. The Kier molecular flexibility index (Phi) is 6.25. The summed E-state index contributed by atoms with van der Waals surface area (Å²) >= 11 is 5.61. The summed E-state index contributed by atoms with van der Waals surface area (Å²) in [5, 5.41) is 13.7. The maximum absolute atomic E-state index is 12.0. The van der Waals surface area contributed by atoms with Gasteiger partial charge in [0.15, 0.2) is 5.11 Å². The smallest absolute Gasteiger partial charge is 0.337 e. The Morgan fingerprint density at radius 3 is 2.72 bits per heavy atom. The van der Waals surface area contributed by atoms with Gasteiger partial charge >= 0.3 is 5.97 Å². The number of thiocarbonyl (C=S) groups is 1. The number of methoxy groups -OCH3 is 1. The van der Waals surface area contributed by atoms with Crippen LogP contribution in [0.25, 0.3) is 5.69 Å². The molecule has 1 aromatic carbocycles. The van der Waals surface area contributed by atoms with Crippen LogP contribution >= 0.6 is 12.2 Å². The molecule has 1 saturated heterocycles. The molecular weight excluding hydrogens is 424 g/mol. The summed E-state index contributed by atoms with van der Waals surface area (Å²) in [7, 11) is 1.38. The topological polar surface area (TPSA) is 79.6 Å². The number of aliphatic hydroxyl groups is 1. The minimum atomic E-state index is -0.371. The fraction of sp³-hybridized carbons (Fsp3) is 0.292.